The second-order valence-corrected chi connectivity index (χ2v) is 7.57. The van der Waals surface area contributed by atoms with Gasteiger partial charge >= 0.3 is 11.9 Å². The molecule has 0 spiro atoms. The summed E-state index contributed by atoms with van der Waals surface area (Å²) in [6.45, 7) is 1.58. The molecule has 0 amide bonds. The quantitative estimate of drug-likeness (QED) is 0.268. The van der Waals surface area contributed by atoms with Crippen LogP contribution in [0.2, 0.25) is 5.15 Å². The number of rotatable bonds is 7. The molecule has 0 N–H and O–H groups in total. The molecule has 4 aromatic rings. The van der Waals surface area contributed by atoms with Gasteiger partial charge in [-0.2, -0.15) is 0 Å². The average Bonchev–Trinajstić information content (AvgIpc) is 3.25. The molecular formula is C24H18ClNO8. The van der Waals surface area contributed by atoms with Gasteiger partial charge in [-0.25, -0.2) is 4.79 Å². The van der Waals surface area contributed by atoms with Gasteiger partial charge in [-0.3, -0.25) is 9.59 Å². The molecule has 0 unspecified atom stereocenters. The summed E-state index contributed by atoms with van der Waals surface area (Å²) in [4.78, 5) is 36.7. The summed E-state index contributed by atoms with van der Waals surface area (Å²) < 4.78 is 26.4. The van der Waals surface area contributed by atoms with Crippen LogP contribution < -0.4 is 14.9 Å². The highest BCUT2D eigenvalue weighted by Gasteiger charge is 2.16. The van der Waals surface area contributed by atoms with Crippen LogP contribution in [0.1, 0.15) is 28.3 Å². The number of fused-ring (bicyclic) bond motifs is 1. The van der Waals surface area contributed by atoms with Gasteiger partial charge in [0, 0.05) is 18.6 Å². The second kappa shape index (κ2) is 9.80. The van der Waals surface area contributed by atoms with Crippen LogP contribution in [0.3, 0.4) is 0 Å². The van der Waals surface area contributed by atoms with Crippen molar-refractivity contribution in [3.05, 3.63) is 81.0 Å². The number of ether oxygens (including phenoxy) is 3. The first-order valence-corrected chi connectivity index (χ1v) is 10.5. The lowest BCUT2D eigenvalue weighted by Gasteiger charge is -2.10. The molecule has 2 aromatic heterocycles. The van der Waals surface area contributed by atoms with Gasteiger partial charge < -0.3 is 23.2 Å². The van der Waals surface area contributed by atoms with E-state index in [0.29, 0.717) is 17.1 Å². The van der Waals surface area contributed by atoms with E-state index in [4.69, 9.17) is 30.0 Å². The van der Waals surface area contributed by atoms with Crippen molar-refractivity contribution in [2.45, 2.75) is 19.8 Å². The molecule has 0 atom stereocenters. The molecule has 0 aliphatic rings. The minimum absolute atomic E-state index is 0.00813. The molecule has 2 heterocycles. The fourth-order valence-electron chi connectivity index (χ4n) is 3.16. The van der Waals surface area contributed by atoms with Gasteiger partial charge in [-0.15, -0.1) is 0 Å². The van der Waals surface area contributed by atoms with Crippen molar-refractivity contribution in [2.24, 2.45) is 0 Å². The standard InChI is InChI=1S/C24H18ClNO8/c1-13-23(33-15-5-3-14(4-6-15)24(29)30-2)22(28)18-9-7-16(11-19(18)31-13)32-21(27)10-8-17-12-20(25)26-34-17/h3-7,9,11-12H,8,10H2,1-2H3. The average molecular weight is 484 g/mol. The van der Waals surface area contributed by atoms with Crippen LogP contribution in [0.5, 0.6) is 17.2 Å². The molecule has 0 aliphatic carbocycles. The van der Waals surface area contributed by atoms with Crippen LogP contribution >= 0.6 is 11.6 Å². The number of benzene rings is 2. The zero-order chi connectivity index (χ0) is 24.2. The van der Waals surface area contributed by atoms with Gasteiger partial charge in [0.25, 0.3) is 0 Å². The predicted octanol–water partition coefficient (Wildman–Crippen LogP) is 4.86. The maximum Gasteiger partial charge on any atom is 0.337 e. The number of carbonyl (C=O) groups excluding carboxylic acids is 2. The number of aromatic nitrogens is 1. The van der Waals surface area contributed by atoms with Crippen LogP contribution in [0.25, 0.3) is 11.0 Å². The number of esters is 2. The molecule has 0 saturated carbocycles. The third-order valence-electron chi connectivity index (χ3n) is 4.82. The van der Waals surface area contributed by atoms with Crippen molar-refractivity contribution in [2.75, 3.05) is 7.11 Å². The summed E-state index contributed by atoms with van der Waals surface area (Å²) in [7, 11) is 1.29. The summed E-state index contributed by atoms with van der Waals surface area (Å²) in [6, 6.07) is 12.1. The van der Waals surface area contributed by atoms with E-state index in [1.54, 1.807) is 19.1 Å². The normalized spacial score (nSPS) is 10.8. The third kappa shape index (κ3) is 5.10. The lowest BCUT2D eigenvalue weighted by molar-refractivity contribution is -0.134. The van der Waals surface area contributed by atoms with Crippen molar-refractivity contribution in [1.82, 2.24) is 5.16 Å². The molecule has 9 nitrogen and oxygen atoms in total. The smallest absolute Gasteiger partial charge is 0.337 e. The lowest BCUT2D eigenvalue weighted by atomic mass is 10.2. The number of hydrogen-bond donors (Lipinski definition) is 0. The van der Waals surface area contributed by atoms with Gasteiger partial charge in [0.2, 0.25) is 11.2 Å². The SMILES string of the molecule is COC(=O)c1ccc(Oc2c(C)oc3cc(OC(=O)CCc4cc(Cl)no4)ccc3c2=O)cc1. The monoisotopic (exact) mass is 483 g/mol. The van der Waals surface area contributed by atoms with Gasteiger partial charge in [-0.1, -0.05) is 16.8 Å². The molecule has 2 aromatic carbocycles. The van der Waals surface area contributed by atoms with E-state index in [1.807, 2.05) is 0 Å². The van der Waals surface area contributed by atoms with E-state index in [2.05, 4.69) is 9.89 Å². The highest BCUT2D eigenvalue weighted by Crippen LogP contribution is 2.28. The van der Waals surface area contributed by atoms with Gasteiger partial charge in [0.05, 0.1) is 24.5 Å². The van der Waals surface area contributed by atoms with E-state index >= 15 is 0 Å². The Bertz CT molecular complexity index is 1420. The van der Waals surface area contributed by atoms with Crippen LogP contribution in [-0.2, 0) is 16.0 Å². The van der Waals surface area contributed by atoms with E-state index in [9.17, 15) is 14.4 Å². The highest BCUT2D eigenvalue weighted by atomic mass is 35.5. The zero-order valence-corrected chi connectivity index (χ0v) is 18.9. The third-order valence-corrected chi connectivity index (χ3v) is 5.00. The van der Waals surface area contributed by atoms with E-state index in [-0.39, 0.29) is 46.2 Å². The Morgan fingerprint density at radius 3 is 2.47 bits per heavy atom. The van der Waals surface area contributed by atoms with Crippen molar-refractivity contribution in [3.63, 3.8) is 0 Å². The molecule has 0 saturated heterocycles. The minimum Gasteiger partial charge on any atom is -0.465 e. The number of halogens is 1. The maximum absolute atomic E-state index is 13.0. The van der Waals surface area contributed by atoms with Crippen molar-refractivity contribution in [1.29, 1.82) is 0 Å². The topological polar surface area (TPSA) is 118 Å². The molecule has 34 heavy (non-hydrogen) atoms. The molecule has 0 radical (unpaired) electrons. The zero-order valence-electron chi connectivity index (χ0n) is 18.1. The molecular weight excluding hydrogens is 466 g/mol. The number of methoxy groups -OCH3 is 1. The molecule has 0 aliphatic heterocycles. The predicted molar refractivity (Wildman–Crippen MR) is 121 cm³/mol. The van der Waals surface area contributed by atoms with Gasteiger partial charge in [0.15, 0.2) is 5.15 Å². The summed E-state index contributed by atoms with van der Waals surface area (Å²) in [5.74, 6) is 0.306. The first kappa shape index (κ1) is 23.1. The summed E-state index contributed by atoms with van der Waals surface area (Å²) in [5, 5.41) is 4.01. The van der Waals surface area contributed by atoms with Crippen LogP contribution in [-0.4, -0.2) is 24.2 Å². The molecule has 0 fully saturated rings. The Kier molecular flexibility index (Phi) is 6.65. The van der Waals surface area contributed by atoms with E-state index < -0.39 is 17.4 Å². The number of nitrogens with zero attached hydrogens (tertiary/aromatic N) is 1. The Hall–Kier alpha value is -4.11. The van der Waals surface area contributed by atoms with Crippen LogP contribution in [0.15, 0.2) is 62.3 Å². The van der Waals surface area contributed by atoms with Crippen molar-refractivity contribution < 1.29 is 32.7 Å². The maximum atomic E-state index is 13.0. The number of hydrogen-bond acceptors (Lipinski definition) is 9. The summed E-state index contributed by atoms with van der Waals surface area (Å²) in [6.07, 6.45) is 0.329. The second-order valence-electron chi connectivity index (χ2n) is 7.18. The van der Waals surface area contributed by atoms with Crippen molar-refractivity contribution in [3.8, 4) is 17.2 Å². The largest absolute Gasteiger partial charge is 0.465 e. The Morgan fingerprint density at radius 1 is 1.06 bits per heavy atom. The minimum atomic E-state index is -0.499. The van der Waals surface area contributed by atoms with Crippen LogP contribution in [0, 0.1) is 6.92 Å². The molecule has 174 valence electrons. The van der Waals surface area contributed by atoms with Gasteiger partial charge in [-0.05, 0) is 43.3 Å². The van der Waals surface area contributed by atoms with Crippen LogP contribution in [0.4, 0.5) is 0 Å². The van der Waals surface area contributed by atoms with E-state index in [0.717, 1.165) is 0 Å². The molecule has 4 rings (SSSR count). The fraction of sp³-hybridized carbons (Fsp3) is 0.167. The lowest BCUT2D eigenvalue weighted by Crippen LogP contribution is -2.10. The fourth-order valence-corrected chi connectivity index (χ4v) is 3.31. The Labute approximate surface area is 197 Å². The van der Waals surface area contributed by atoms with Gasteiger partial charge in [0.1, 0.15) is 28.6 Å². The number of aryl methyl sites for hydroxylation is 2. The number of carbonyl (C=O) groups is 2. The first-order valence-electron chi connectivity index (χ1n) is 10.1. The molecule has 10 heteroatoms. The Balaban J connectivity index is 1.50. The summed E-state index contributed by atoms with van der Waals surface area (Å²) >= 11 is 5.68. The summed E-state index contributed by atoms with van der Waals surface area (Å²) in [5.41, 5.74) is 0.197. The van der Waals surface area contributed by atoms with Crippen molar-refractivity contribution >= 4 is 34.5 Å². The molecule has 0 bridgehead atoms. The highest BCUT2D eigenvalue weighted by molar-refractivity contribution is 6.29. The Morgan fingerprint density at radius 2 is 1.79 bits per heavy atom. The van der Waals surface area contributed by atoms with E-state index in [1.165, 1.54) is 43.5 Å². The first-order chi connectivity index (χ1) is 16.3.